The van der Waals surface area contributed by atoms with Crippen LogP contribution in [-0.4, -0.2) is 21.1 Å². The number of benzene rings is 1. The molecular weight excluding hydrogens is 292 g/mol. The van der Waals surface area contributed by atoms with Gasteiger partial charge in [-0.15, -0.1) is 10.2 Å². The number of hydrogen-bond acceptors (Lipinski definition) is 5. The zero-order chi connectivity index (χ0) is 15.9. The Hall–Kier alpha value is -3.02. The molecular formula is C17H16N4O2. The summed E-state index contributed by atoms with van der Waals surface area (Å²) in [6, 6.07) is 15.1. The summed E-state index contributed by atoms with van der Waals surface area (Å²) in [5.74, 6) is 0.849. The molecule has 0 atom stereocenters. The van der Waals surface area contributed by atoms with Crippen LogP contribution in [0.5, 0.6) is 0 Å². The number of carbonyl (C=O) groups excluding carboxylic acids is 1. The van der Waals surface area contributed by atoms with Crippen LogP contribution in [0, 0.1) is 0 Å². The molecule has 3 aromatic rings. The quantitative estimate of drug-likeness (QED) is 0.756. The molecule has 0 saturated heterocycles. The van der Waals surface area contributed by atoms with Gasteiger partial charge in [-0.1, -0.05) is 24.3 Å². The highest BCUT2D eigenvalue weighted by molar-refractivity contribution is 5.75. The van der Waals surface area contributed by atoms with E-state index in [1.165, 1.54) is 0 Å². The standard InChI is InChI=1S/C17H16N4O2/c22-15(19-12-14-8-4-5-11-18-14)9-10-16-20-21-17(23-16)13-6-2-1-3-7-13/h1-8,11H,9-10,12H2,(H,19,22). The van der Waals surface area contributed by atoms with Crippen molar-refractivity contribution < 1.29 is 9.21 Å². The summed E-state index contributed by atoms with van der Waals surface area (Å²) in [5, 5.41) is 10.8. The van der Waals surface area contributed by atoms with E-state index in [0.29, 0.717) is 31.2 Å². The molecule has 0 unspecified atom stereocenters. The monoisotopic (exact) mass is 308 g/mol. The summed E-state index contributed by atoms with van der Waals surface area (Å²) < 4.78 is 5.57. The predicted octanol–water partition coefficient (Wildman–Crippen LogP) is 2.38. The number of nitrogens with zero attached hydrogens (tertiary/aromatic N) is 3. The molecule has 0 saturated carbocycles. The average molecular weight is 308 g/mol. The van der Waals surface area contributed by atoms with Gasteiger partial charge in [0.15, 0.2) is 0 Å². The number of amides is 1. The van der Waals surface area contributed by atoms with E-state index in [1.807, 2.05) is 48.5 Å². The molecule has 1 amide bonds. The molecule has 2 aromatic heterocycles. The van der Waals surface area contributed by atoms with E-state index >= 15 is 0 Å². The van der Waals surface area contributed by atoms with Gasteiger partial charge < -0.3 is 9.73 Å². The Labute approximate surface area is 133 Å². The third-order valence-electron chi connectivity index (χ3n) is 3.25. The second-order valence-electron chi connectivity index (χ2n) is 4.96. The molecule has 0 radical (unpaired) electrons. The van der Waals surface area contributed by atoms with Crippen LogP contribution in [0.25, 0.3) is 11.5 Å². The van der Waals surface area contributed by atoms with Gasteiger partial charge in [0.1, 0.15) is 0 Å². The van der Waals surface area contributed by atoms with Crippen LogP contribution in [0.4, 0.5) is 0 Å². The first-order chi connectivity index (χ1) is 11.3. The molecule has 0 aliphatic heterocycles. The normalized spacial score (nSPS) is 10.4. The van der Waals surface area contributed by atoms with E-state index in [1.54, 1.807) is 6.20 Å². The Morgan fingerprint density at radius 3 is 2.65 bits per heavy atom. The van der Waals surface area contributed by atoms with Crippen LogP contribution in [0.15, 0.2) is 59.1 Å². The van der Waals surface area contributed by atoms with Crippen LogP contribution in [0.2, 0.25) is 0 Å². The summed E-state index contributed by atoms with van der Waals surface area (Å²) in [6.45, 7) is 0.415. The lowest BCUT2D eigenvalue weighted by Gasteiger charge is -2.03. The van der Waals surface area contributed by atoms with Crippen LogP contribution >= 0.6 is 0 Å². The van der Waals surface area contributed by atoms with Gasteiger partial charge in [0.25, 0.3) is 0 Å². The van der Waals surface area contributed by atoms with Crippen LogP contribution < -0.4 is 5.32 Å². The molecule has 0 fully saturated rings. The van der Waals surface area contributed by atoms with Crippen molar-refractivity contribution >= 4 is 5.91 Å². The van der Waals surface area contributed by atoms with Crippen molar-refractivity contribution in [2.24, 2.45) is 0 Å². The molecule has 2 heterocycles. The maximum atomic E-state index is 11.8. The van der Waals surface area contributed by atoms with Gasteiger partial charge in [-0.2, -0.15) is 0 Å². The summed E-state index contributed by atoms with van der Waals surface area (Å²) in [5.41, 5.74) is 1.69. The van der Waals surface area contributed by atoms with Gasteiger partial charge in [0.05, 0.1) is 12.2 Å². The van der Waals surface area contributed by atoms with Gasteiger partial charge in [0.2, 0.25) is 17.7 Å². The van der Waals surface area contributed by atoms with Crippen molar-refractivity contribution in [3.8, 4) is 11.5 Å². The van der Waals surface area contributed by atoms with E-state index in [4.69, 9.17) is 4.42 Å². The maximum absolute atomic E-state index is 11.8. The average Bonchev–Trinajstić information content (AvgIpc) is 3.09. The molecule has 116 valence electrons. The smallest absolute Gasteiger partial charge is 0.247 e. The molecule has 0 aliphatic rings. The molecule has 0 aliphatic carbocycles. The fourth-order valence-electron chi connectivity index (χ4n) is 2.05. The van der Waals surface area contributed by atoms with Crippen LogP contribution in [-0.2, 0) is 17.8 Å². The fraction of sp³-hybridized carbons (Fsp3) is 0.176. The molecule has 6 heteroatoms. The molecule has 6 nitrogen and oxygen atoms in total. The number of rotatable bonds is 6. The van der Waals surface area contributed by atoms with Gasteiger partial charge in [-0.25, -0.2) is 0 Å². The Morgan fingerprint density at radius 1 is 1.04 bits per heavy atom. The molecule has 23 heavy (non-hydrogen) atoms. The topological polar surface area (TPSA) is 80.9 Å². The zero-order valence-corrected chi connectivity index (χ0v) is 12.5. The highest BCUT2D eigenvalue weighted by atomic mass is 16.4. The number of nitrogens with one attached hydrogen (secondary N) is 1. The van der Waals surface area contributed by atoms with Gasteiger partial charge in [-0.3, -0.25) is 9.78 Å². The fourth-order valence-corrected chi connectivity index (χ4v) is 2.05. The number of carbonyl (C=O) groups is 1. The molecule has 1 aromatic carbocycles. The van der Waals surface area contributed by atoms with Gasteiger partial charge in [-0.05, 0) is 24.3 Å². The van der Waals surface area contributed by atoms with Gasteiger partial charge >= 0.3 is 0 Å². The Morgan fingerprint density at radius 2 is 1.87 bits per heavy atom. The second-order valence-corrected chi connectivity index (χ2v) is 4.96. The first-order valence-corrected chi connectivity index (χ1v) is 7.35. The van der Waals surface area contributed by atoms with E-state index in [9.17, 15) is 4.79 Å². The van der Waals surface area contributed by atoms with Crippen molar-refractivity contribution in [1.29, 1.82) is 0 Å². The Kier molecular flexibility index (Phi) is 4.73. The lowest BCUT2D eigenvalue weighted by atomic mass is 10.2. The third kappa shape index (κ3) is 4.23. The number of pyridine rings is 1. The third-order valence-corrected chi connectivity index (χ3v) is 3.25. The van der Waals surface area contributed by atoms with E-state index in [-0.39, 0.29) is 5.91 Å². The largest absolute Gasteiger partial charge is 0.421 e. The van der Waals surface area contributed by atoms with Crippen molar-refractivity contribution in [2.75, 3.05) is 0 Å². The van der Waals surface area contributed by atoms with E-state index in [0.717, 1.165) is 11.3 Å². The second kappa shape index (κ2) is 7.31. The first-order valence-electron chi connectivity index (χ1n) is 7.35. The van der Waals surface area contributed by atoms with Crippen LogP contribution in [0.3, 0.4) is 0 Å². The number of hydrogen-bond donors (Lipinski definition) is 1. The maximum Gasteiger partial charge on any atom is 0.247 e. The molecule has 3 rings (SSSR count). The molecule has 0 bridgehead atoms. The van der Waals surface area contributed by atoms with Crippen LogP contribution in [0.1, 0.15) is 18.0 Å². The van der Waals surface area contributed by atoms with E-state index < -0.39 is 0 Å². The van der Waals surface area contributed by atoms with Crippen molar-refractivity contribution in [3.63, 3.8) is 0 Å². The highest BCUT2D eigenvalue weighted by Gasteiger charge is 2.10. The number of aryl methyl sites for hydroxylation is 1. The summed E-state index contributed by atoms with van der Waals surface area (Å²) in [7, 11) is 0. The van der Waals surface area contributed by atoms with Crippen molar-refractivity contribution in [2.45, 2.75) is 19.4 Å². The SMILES string of the molecule is O=C(CCc1nnc(-c2ccccc2)o1)NCc1ccccn1. The Bertz CT molecular complexity index is 757. The highest BCUT2D eigenvalue weighted by Crippen LogP contribution is 2.17. The molecule has 0 spiro atoms. The van der Waals surface area contributed by atoms with Crippen molar-refractivity contribution in [3.05, 3.63) is 66.3 Å². The molecule has 1 N–H and O–H groups in total. The Balaban J connectivity index is 1.49. The minimum Gasteiger partial charge on any atom is -0.421 e. The zero-order valence-electron chi connectivity index (χ0n) is 12.5. The minimum atomic E-state index is -0.0740. The summed E-state index contributed by atoms with van der Waals surface area (Å²) in [4.78, 5) is 16.0. The first kappa shape index (κ1) is 14.9. The summed E-state index contributed by atoms with van der Waals surface area (Å²) >= 11 is 0. The van der Waals surface area contributed by atoms with Crippen molar-refractivity contribution in [1.82, 2.24) is 20.5 Å². The minimum absolute atomic E-state index is 0.0740. The van der Waals surface area contributed by atoms with E-state index in [2.05, 4.69) is 20.5 Å². The van der Waals surface area contributed by atoms with Gasteiger partial charge in [0, 0.05) is 24.6 Å². The predicted molar refractivity (Wildman–Crippen MR) is 84.1 cm³/mol. The number of aromatic nitrogens is 3. The summed E-state index contributed by atoms with van der Waals surface area (Å²) in [6.07, 6.45) is 2.40. The lowest BCUT2D eigenvalue weighted by Crippen LogP contribution is -2.23. The lowest BCUT2D eigenvalue weighted by molar-refractivity contribution is -0.121.